The summed E-state index contributed by atoms with van der Waals surface area (Å²) in [6, 6.07) is 15.0. The molecule has 158 valence electrons. The molecule has 0 N–H and O–H groups in total. The maximum atomic E-state index is 12.6. The zero-order chi connectivity index (χ0) is 21.1. The first-order chi connectivity index (χ1) is 14.5. The Hall–Kier alpha value is -2.05. The van der Waals surface area contributed by atoms with Crippen LogP contribution < -0.4 is 4.90 Å². The summed E-state index contributed by atoms with van der Waals surface area (Å²) in [5.74, 6) is 1.56. The van der Waals surface area contributed by atoms with E-state index in [-0.39, 0.29) is 5.91 Å². The van der Waals surface area contributed by atoms with Gasteiger partial charge in [0.1, 0.15) is 0 Å². The predicted molar refractivity (Wildman–Crippen MR) is 129 cm³/mol. The van der Waals surface area contributed by atoms with E-state index in [1.165, 1.54) is 20.7 Å². The van der Waals surface area contributed by atoms with Crippen LogP contribution in [0.5, 0.6) is 0 Å². The van der Waals surface area contributed by atoms with Gasteiger partial charge in [0.15, 0.2) is 5.13 Å². The van der Waals surface area contributed by atoms with Gasteiger partial charge in [-0.3, -0.25) is 4.79 Å². The third-order valence-electron chi connectivity index (χ3n) is 5.57. The summed E-state index contributed by atoms with van der Waals surface area (Å²) in [6.45, 7) is 9.79. The number of hydrogen-bond acceptors (Lipinski definition) is 5. The molecule has 1 aromatic heterocycles. The van der Waals surface area contributed by atoms with Crippen LogP contribution in [0.2, 0.25) is 0 Å². The zero-order valence-electron chi connectivity index (χ0n) is 17.9. The van der Waals surface area contributed by atoms with Crippen molar-refractivity contribution in [2.45, 2.75) is 38.0 Å². The topological polar surface area (TPSA) is 36.4 Å². The van der Waals surface area contributed by atoms with Gasteiger partial charge < -0.3 is 9.80 Å². The SMILES string of the molecule is Cc1ccc(SCCC(=O)N2CCN(c3nc4c(C(C)C)cccc4s3)CC2)cc1. The van der Waals surface area contributed by atoms with Gasteiger partial charge in [0.05, 0.1) is 10.2 Å². The zero-order valence-corrected chi connectivity index (χ0v) is 19.6. The Labute approximate surface area is 187 Å². The van der Waals surface area contributed by atoms with Crippen molar-refractivity contribution < 1.29 is 4.79 Å². The number of benzene rings is 2. The van der Waals surface area contributed by atoms with Gasteiger partial charge in [0.2, 0.25) is 5.91 Å². The molecule has 6 heteroatoms. The van der Waals surface area contributed by atoms with Crippen LogP contribution in [0.1, 0.15) is 37.3 Å². The third-order valence-corrected chi connectivity index (χ3v) is 7.66. The molecule has 1 saturated heterocycles. The molecule has 4 rings (SSSR count). The van der Waals surface area contributed by atoms with Gasteiger partial charge in [-0.2, -0.15) is 0 Å². The molecule has 0 saturated carbocycles. The second-order valence-electron chi connectivity index (χ2n) is 8.12. The van der Waals surface area contributed by atoms with Crippen LogP contribution in [-0.2, 0) is 4.79 Å². The normalized spacial score (nSPS) is 14.7. The minimum Gasteiger partial charge on any atom is -0.345 e. The van der Waals surface area contributed by atoms with Crippen molar-refractivity contribution in [2.75, 3.05) is 36.8 Å². The Morgan fingerprint density at radius 2 is 1.83 bits per heavy atom. The molecular formula is C24H29N3OS2. The number of hydrogen-bond donors (Lipinski definition) is 0. The molecule has 0 aliphatic carbocycles. The first-order valence-corrected chi connectivity index (χ1v) is 12.4. The molecule has 3 aromatic rings. The fourth-order valence-corrected chi connectivity index (χ4v) is 5.65. The summed E-state index contributed by atoms with van der Waals surface area (Å²) < 4.78 is 1.25. The van der Waals surface area contributed by atoms with Crippen molar-refractivity contribution >= 4 is 44.4 Å². The second-order valence-corrected chi connectivity index (χ2v) is 10.3. The van der Waals surface area contributed by atoms with Crippen LogP contribution in [0.4, 0.5) is 5.13 Å². The minimum absolute atomic E-state index is 0.264. The van der Waals surface area contributed by atoms with Crippen LogP contribution in [0.25, 0.3) is 10.2 Å². The summed E-state index contributed by atoms with van der Waals surface area (Å²) in [4.78, 5) is 23.2. The molecule has 0 unspecified atom stereocenters. The number of amides is 1. The van der Waals surface area contributed by atoms with E-state index in [0.29, 0.717) is 12.3 Å². The molecule has 0 atom stereocenters. The highest BCUT2D eigenvalue weighted by molar-refractivity contribution is 7.99. The van der Waals surface area contributed by atoms with E-state index in [9.17, 15) is 4.79 Å². The average Bonchev–Trinajstić information content (AvgIpc) is 3.19. The fourth-order valence-electron chi connectivity index (χ4n) is 3.76. The van der Waals surface area contributed by atoms with Crippen molar-refractivity contribution in [3.63, 3.8) is 0 Å². The summed E-state index contributed by atoms with van der Waals surface area (Å²) in [5.41, 5.74) is 3.72. The molecule has 1 fully saturated rings. The predicted octanol–water partition coefficient (Wildman–Crippen LogP) is 5.56. The number of nitrogens with zero attached hydrogens (tertiary/aromatic N) is 3. The lowest BCUT2D eigenvalue weighted by atomic mass is 10.0. The van der Waals surface area contributed by atoms with E-state index in [1.807, 2.05) is 4.90 Å². The largest absolute Gasteiger partial charge is 0.345 e. The quantitative estimate of drug-likeness (QED) is 0.471. The van der Waals surface area contributed by atoms with Gasteiger partial charge in [-0.15, -0.1) is 11.8 Å². The molecule has 1 amide bonds. The smallest absolute Gasteiger partial charge is 0.223 e. The minimum atomic E-state index is 0.264. The number of thiazole rings is 1. The summed E-state index contributed by atoms with van der Waals surface area (Å²) in [6.07, 6.45) is 0.595. The Bertz CT molecular complexity index is 1000. The number of aryl methyl sites for hydroxylation is 1. The number of thioether (sulfide) groups is 1. The number of piperazine rings is 1. The molecule has 0 bridgehead atoms. The number of para-hydroxylation sites is 1. The lowest BCUT2D eigenvalue weighted by Crippen LogP contribution is -2.48. The van der Waals surface area contributed by atoms with Crippen LogP contribution in [-0.4, -0.2) is 47.7 Å². The van der Waals surface area contributed by atoms with Crippen LogP contribution in [0.15, 0.2) is 47.4 Å². The molecular weight excluding hydrogens is 410 g/mol. The third kappa shape index (κ3) is 4.81. The summed E-state index contributed by atoms with van der Waals surface area (Å²) in [7, 11) is 0. The van der Waals surface area contributed by atoms with E-state index in [0.717, 1.165) is 42.6 Å². The first kappa shape index (κ1) is 21.2. The highest BCUT2D eigenvalue weighted by atomic mass is 32.2. The van der Waals surface area contributed by atoms with Crippen LogP contribution >= 0.6 is 23.1 Å². The molecule has 0 radical (unpaired) electrons. The Balaban J connectivity index is 1.30. The molecule has 4 nitrogen and oxygen atoms in total. The highest BCUT2D eigenvalue weighted by Crippen LogP contribution is 2.33. The molecule has 2 aromatic carbocycles. The van der Waals surface area contributed by atoms with Crippen LogP contribution in [0.3, 0.4) is 0 Å². The number of carbonyl (C=O) groups excluding carboxylic acids is 1. The number of fused-ring (bicyclic) bond motifs is 1. The second kappa shape index (κ2) is 9.40. The monoisotopic (exact) mass is 439 g/mol. The van der Waals surface area contributed by atoms with Gasteiger partial charge in [0, 0.05) is 43.2 Å². The van der Waals surface area contributed by atoms with Gasteiger partial charge in [0.25, 0.3) is 0 Å². The standard InChI is InChI=1S/C24H29N3OS2/c1-17(2)20-5-4-6-21-23(20)25-24(30-21)27-14-12-26(13-15-27)22(28)11-16-29-19-9-7-18(3)8-10-19/h4-10,17H,11-16H2,1-3H3. The van der Waals surface area contributed by atoms with Crippen molar-refractivity contribution in [3.8, 4) is 0 Å². The maximum Gasteiger partial charge on any atom is 0.223 e. The van der Waals surface area contributed by atoms with Gasteiger partial charge in [-0.05, 0) is 36.6 Å². The van der Waals surface area contributed by atoms with E-state index in [2.05, 4.69) is 68.1 Å². The number of aromatic nitrogens is 1. The van der Waals surface area contributed by atoms with E-state index in [1.54, 1.807) is 23.1 Å². The molecule has 2 heterocycles. The van der Waals surface area contributed by atoms with E-state index < -0.39 is 0 Å². The first-order valence-electron chi connectivity index (χ1n) is 10.6. The van der Waals surface area contributed by atoms with Gasteiger partial charge >= 0.3 is 0 Å². The number of anilines is 1. The lowest BCUT2D eigenvalue weighted by Gasteiger charge is -2.34. The molecule has 1 aliphatic rings. The Kier molecular flexibility index (Phi) is 6.64. The number of rotatable bonds is 6. The Morgan fingerprint density at radius 1 is 1.10 bits per heavy atom. The van der Waals surface area contributed by atoms with Crippen molar-refractivity contribution in [3.05, 3.63) is 53.6 Å². The number of carbonyl (C=O) groups is 1. The average molecular weight is 440 g/mol. The highest BCUT2D eigenvalue weighted by Gasteiger charge is 2.23. The van der Waals surface area contributed by atoms with Crippen molar-refractivity contribution in [1.82, 2.24) is 9.88 Å². The maximum absolute atomic E-state index is 12.6. The fraction of sp³-hybridized carbons (Fsp3) is 0.417. The van der Waals surface area contributed by atoms with E-state index in [4.69, 9.17) is 4.98 Å². The van der Waals surface area contributed by atoms with Crippen molar-refractivity contribution in [2.24, 2.45) is 0 Å². The summed E-state index contributed by atoms with van der Waals surface area (Å²) >= 11 is 3.52. The summed E-state index contributed by atoms with van der Waals surface area (Å²) in [5, 5.41) is 1.08. The van der Waals surface area contributed by atoms with Crippen molar-refractivity contribution in [1.29, 1.82) is 0 Å². The molecule has 0 spiro atoms. The lowest BCUT2D eigenvalue weighted by molar-refractivity contribution is -0.131. The Morgan fingerprint density at radius 3 is 2.53 bits per heavy atom. The molecule has 30 heavy (non-hydrogen) atoms. The van der Waals surface area contributed by atoms with Gasteiger partial charge in [-0.1, -0.05) is 55.0 Å². The van der Waals surface area contributed by atoms with Gasteiger partial charge in [-0.25, -0.2) is 4.98 Å². The van der Waals surface area contributed by atoms with E-state index >= 15 is 0 Å². The van der Waals surface area contributed by atoms with Crippen LogP contribution in [0, 0.1) is 6.92 Å². The molecule has 1 aliphatic heterocycles.